The lowest BCUT2D eigenvalue weighted by atomic mass is 9.70. The summed E-state index contributed by atoms with van der Waals surface area (Å²) in [4.78, 5) is 13.8. The van der Waals surface area contributed by atoms with Crippen LogP contribution in [0.3, 0.4) is 0 Å². The predicted molar refractivity (Wildman–Crippen MR) is 67.9 cm³/mol. The first-order valence-electron chi connectivity index (χ1n) is 6.86. The molecule has 0 aromatic rings. The van der Waals surface area contributed by atoms with E-state index in [-0.39, 0.29) is 6.09 Å². The van der Waals surface area contributed by atoms with Crippen molar-refractivity contribution in [3.05, 3.63) is 0 Å². The van der Waals surface area contributed by atoms with Crippen molar-refractivity contribution in [1.29, 1.82) is 0 Å². The first-order valence-corrected chi connectivity index (χ1v) is 6.86. The van der Waals surface area contributed by atoms with Gasteiger partial charge in [0, 0.05) is 12.1 Å². The lowest BCUT2D eigenvalue weighted by Gasteiger charge is -2.44. The van der Waals surface area contributed by atoms with E-state index >= 15 is 0 Å². The van der Waals surface area contributed by atoms with Gasteiger partial charge in [-0.2, -0.15) is 0 Å². The molecule has 17 heavy (non-hydrogen) atoms. The smallest absolute Gasteiger partial charge is 0.409 e. The van der Waals surface area contributed by atoms with Gasteiger partial charge >= 0.3 is 6.09 Å². The number of fused-ring (bicyclic) bond motifs is 2. The first-order chi connectivity index (χ1) is 7.99. The van der Waals surface area contributed by atoms with Gasteiger partial charge in [0.1, 0.15) is 0 Å². The van der Waals surface area contributed by atoms with E-state index in [1.54, 1.807) is 0 Å². The van der Waals surface area contributed by atoms with Crippen LogP contribution < -0.4 is 0 Å². The van der Waals surface area contributed by atoms with E-state index in [4.69, 9.17) is 4.74 Å². The van der Waals surface area contributed by atoms with Gasteiger partial charge in [-0.15, -0.1) is 0 Å². The average Bonchev–Trinajstić information content (AvgIpc) is 2.58. The molecule has 2 heterocycles. The fourth-order valence-corrected chi connectivity index (χ4v) is 3.51. The SMILES string of the molecule is CCC(C)(C)C1CC2CCC(C1)N2C(=O)OC. The third kappa shape index (κ3) is 2.16. The van der Waals surface area contributed by atoms with Crippen molar-refractivity contribution >= 4 is 6.09 Å². The highest BCUT2D eigenvalue weighted by Crippen LogP contribution is 2.46. The molecule has 0 radical (unpaired) electrons. The molecular weight excluding hydrogens is 214 g/mol. The highest BCUT2D eigenvalue weighted by Gasteiger charge is 2.46. The zero-order valence-corrected chi connectivity index (χ0v) is 11.5. The maximum absolute atomic E-state index is 11.8. The minimum Gasteiger partial charge on any atom is -0.453 e. The third-order valence-electron chi connectivity index (χ3n) is 5.13. The standard InChI is InChI=1S/C14H25NO2/c1-5-14(2,3)10-8-11-6-7-12(9-10)15(11)13(16)17-4/h10-12H,5-9H2,1-4H3. The second-order valence-corrected chi connectivity index (χ2v) is 6.27. The van der Waals surface area contributed by atoms with Gasteiger partial charge in [0.2, 0.25) is 0 Å². The number of methoxy groups -OCH3 is 1. The Morgan fingerprint density at radius 3 is 2.24 bits per heavy atom. The van der Waals surface area contributed by atoms with Crippen molar-refractivity contribution < 1.29 is 9.53 Å². The van der Waals surface area contributed by atoms with Crippen LogP contribution in [0.4, 0.5) is 4.79 Å². The number of carbonyl (C=O) groups excluding carboxylic acids is 1. The Morgan fingerprint density at radius 1 is 1.29 bits per heavy atom. The van der Waals surface area contributed by atoms with Crippen LogP contribution in [0.5, 0.6) is 0 Å². The summed E-state index contributed by atoms with van der Waals surface area (Å²) >= 11 is 0. The van der Waals surface area contributed by atoms with Crippen LogP contribution >= 0.6 is 0 Å². The van der Waals surface area contributed by atoms with Gasteiger partial charge < -0.3 is 9.64 Å². The van der Waals surface area contributed by atoms with Crippen molar-refractivity contribution in [2.45, 2.75) is 65.0 Å². The summed E-state index contributed by atoms with van der Waals surface area (Å²) in [5.74, 6) is 0.755. The Morgan fingerprint density at radius 2 is 1.82 bits per heavy atom. The van der Waals surface area contributed by atoms with E-state index in [0.29, 0.717) is 17.5 Å². The molecular formula is C14H25NO2. The molecule has 2 aliphatic heterocycles. The molecule has 1 amide bonds. The van der Waals surface area contributed by atoms with Gasteiger partial charge in [0.15, 0.2) is 0 Å². The van der Waals surface area contributed by atoms with E-state index in [1.807, 2.05) is 4.90 Å². The van der Waals surface area contributed by atoms with Crippen molar-refractivity contribution in [2.24, 2.45) is 11.3 Å². The molecule has 3 heteroatoms. The Bertz CT molecular complexity index is 287. The van der Waals surface area contributed by atoms with Gasteiger partial charge in [0.25, 0.3) is 0 Å². The van der Waals surface area contributed by atoms with Gasteiger partial charge in [-0.1, -0.05) is 27.2 Å². The maximum Gasteiger partial charge on any atom is 0.409 e. The quantitative estimate of drug-likeness (QED) is 0.739. The summed E-state index contributed by atoms with van der Waals surface area (Å²) in [5.41, 5.74) is 0.406. The Hall–Kier alpha value is -0.730. The Kier molecular flexibility index (Phi) is 3.37. The van der Waals surface area contributed by atoms with E-state index in [1.165, 1.54) is 13.5 Å². The van der Waals surface area contributed by atoms with Gasteiger partial charge in [0.05, 0.1) is 7.11 Å². The molecule has 0 aromatic carbocycles. The van der Waals surface area contributed by atoms with Gasteiger partial charge in [-0.3, -0.25) is 0 Å². The summed E-state index contributed by atoms with van der Waals surface area (Å²) < 4.78 is 4.90. The third-order valence-corrected chi connectivity index (χ3v) is 5.13. The summed E-state index contributed by atoms with van der Waals surface area (Å²) in [5, 5.41) is 0. The number of hydrogen-bond acceptors (Lipinski definition) is 2. The lowest BCUT2D eigenvalue weighted by Crippen LogP contribution is -2.48. The predicted octanol–water partition coefficient (Wildman–Crippen LogP) is 3.43. The fourth-order valence-electron chi connectivity index (χ4n) is 3.51. The van der Waals surface area contributed by atoms with E-state index in [2.05, 4.69) is 20.8 Å². The molecule has 2 aliphatic rings. The van der Waals surface area contributed by atoms with Crippen LogP contribution in [-0.2, 0) is 4.74 Å². The van der Waals surface area contributed by atoms with E-state index in [9.17, 15) is 4.79 Å². The van der Waals surface area contributed by atoms with Crippen LogP contribution in [0.2, 0.25) is 0 Å². The number of amides is 1. The zero-order chi connectivity index (χ0) is 12.6. The molecule has 2 atom stereocenters. The summed E-state index contributed by atoms with van der Waals surface area (Å²) in [6.07, 6.45) is 5.74. The summed E-state index contributed by atoms with van der Waals surface area (Å²) in [7, 11) is 1.49. The molecule has 0 saturated carbocycles. The largest absolute Gasteiger partial charge is 0.453 e. The molecule has 0 spiro atoms. The topological polar surface area (TPSA) is 29.5 Å². The van der Waals surface area contributed by atoms with Crippen LogP contribution in [0.15, 0.2) is 0 Å². The highest BCUT2D eigenvalue weighted by atomic mass is 16.5. The number of carbonyl (C=O) groups is 1. The van der Waals surface area contributed by atoms with Gasteiger partial charge in [-0.25, -0.2) is 4.79 Å². The lowest BCUT2D eigenvalue weighted by molar-refractivity contribution is 0.0382. The zero-order valence-electron chi connectivity index (χ0n) is 11.5. The summed E-state index contributed by atoms with van der Waals surface area (Å²) in [6.45, 7) is 7.00. The normalized spacial score (nSPS) is 32.7. The average molecular weight is 239 g/mol. The number of hydrogen-bond donors (Lipinski definition) is 0. The van der Waals surface area contributed by atoms with E-state index in [0.717, 1.165) is 31.6 Å². The molecule has 3 nitrogen and oxygen atoms in total. The number of nitrogens with zero attached hydrogens (tertiary/aromatic N) is 1. The van der Waals surface area contributed by atoms with Crippen LogP contribution in [0.25, 0.3) is 0 Å². The number of rotatable bonds is 2. The minimum atomic E-state index is -0.120. The van der Waals surface area contributed by atoms with Crippen LogP contribution in [0, 0.1) is 11.3 Å². The highest BCUT2D eigenvalue weighted by molar-refractivity contribution is 5.69. The maximum atomic E-state index is 11.8. The molecule has 2 saturated heterocycles. The molecule has 2 unspecified atom stereocenters. The second kappa shape index (κ2) is 4.51. The Balaban J connectivity index is 2.09. The molecule has 2 rings (SSSR count). The fraction of sp³-hybridized carbons (Fsp3) is 0.929. The minimum absolute atomic E-state index is 0.120. The molecule has 0 aliphatic carbocycles. The van der Waals surface area contributed by atoms with Crippen molar-refractivity contribution in [3.63, 3.8) is 0 Å². The molecule has 98 valence electrons. The van der Waals surface area contributed by atoms with Crippen LogP contribution in [-0.4, -0.2) is 30.2 Å². The monoisotopic (exact) mass is 239 g/mol. The molecule has 2 bridgehead atoms. The van der Waals surface area contributed by atoms with Gasteiger partial charge in [-0.05, 0) is 37.0 Å². The molecule has 2 fully saturated rings. The van der Waals surface area contributed by atoms with Crippen molar-refractivity contribution in [2.75, 3.05) is 7.11 Å². The summed E-state index contributed by atoms with van der Waals surface area (Å²) in [6, 6.07) is 0.856. The number of ether oxygens (including phenoxy) is 1. The molecule has 0 N–H and O–H groups in total. The van der Waals surface area contributed by atoms with E-state index < -0.39 is 0 Å². The first kappa shape index (κ1) is 12.7. The van der Waals surface area contributed by atoms with Crippen LogP contribution in [0.1, 0.15) is 52.9 Å². The second-order valence-electron chi connectivity index (χ2n) is 6.27. The Labute approximate surface area is 105 Å². The van der Waals surface area contributed by atoms with Crippen molar-refractivity contribution in [3.8, 4) is 0 Å². The number of piperidine rings is 1. The molecule has 0 aromatic heterocycles. The van der Waals surface area contributed by atoms with Crippen molar-refractivity contribution in [1.82, 2.24) is 4.90 Å².